The molecule has 2 N–H and O–H groups in total. The number of anilines is 1. The topological polar surface area (TPSA) is 40.7 Å². The minimum Gasteiger partial charge on any atom is -0.378 e. The maximum atomic E-state index is 4.07. The number of hydrogen-bond acceptors (Lipinski definition) is 3. The first-order valence-electron chi connectivity index (χ1n) is 6.10. The molecule has 0 aliphatic carbocycles. The van der Waals surface area contributed by atoms with Gasteiger partial charge in [0.05, 0.1) is 17.4 Å². The molecule has 4 heteroatoms. The first kappa shape index (κ1) is 11.3. The number of fused-ring (bicyclic) bond motifs is 1. The number of aromatic nitrogens is 2. The Hall–Kier alpha value is -1.81. The number of benzene rings is 1. The summed E-state index contributed by atoms with van der Waals surface area (Å²) in [7, 11) is 0. The Morgan fingerprint density at radius 2 is 2.11 bits per heavy atom. The van der Waals surface area contributed by atoms with E-state index in [1.807, 2.05) is 23.6 Å². The van der Waals surface area contributed by atoms with E-state index in [9.17, 15) is 0 Å². The lowest BCUT2D eigenvalue weighted by Gasteiger charge is -2.05. The molecule has 3 nitrogen and oxygen atoms in total. The van der Waals surface area contributed by atoms with Crippen LogP contribution >= 0.6 is 11.3 Å². The normalized spacial score (nSPS) is 10.9. The molecular formula is C14H15N3S. The van der Waals surface area contributed by atoms with Crippen LogP contribution in [0.1, 0.15) is 16.7 Å². The summed E-state index contributed by atoms with van der Waals surface area (Å²) in [5, 5.41) is 11.7. The van der Waals surface area contributed by atoms with Gasteiger partial charge in [0, 0.05) is 21.7 Å². The van der Waals surface area contributed by atoms with Gasteiger partial charge >= 0.3 is 0 Å². The highest BCUT2D eigenvalue weighted by Gasteiger charge is 2.03. The van der Waals surface area contributed by atoms with E-state index >= 15 is 0 Å². The molecule has 18 heavy (non-hydrogen) atoms. The summed E-state index contributed by atoms with van der Waals surface area (Å²) in [6.45, 7) is 3.05. The molecule has 0 bridgehead atoms. The van der Waals surface area contributed by atoms with Gasteiger partial charge in [0.25, 0.3) is 0 Å². The lowest BCUT2D eigenvalue weighted by Crippen LogP contribution is -1.97. The number of para-hydroxylation sites is 1. The van der Waals surface area contributed by atoms with Crippen molar-refractivity contribution in [2.24, 2.45) is 0 Å². The highest BCUT2D eigenvalue weighted by molar-refractivity contribution is 7.12. The fraction of sp³-hybridized carbons (Fsp3) is 0.214. The highest BCUT2D eigenvalue weighted by Crippen LogP contribution is 2.23. The molecule has 0 aliphatic heterocycles. The van der Waals surface area contributed by atoms with Crippen LogP contribution in [0.15, 0.2) is 36.5 Å². The van der Waals surface area contributed by atoms with Crippen LogP contribution in [0.4, 0.5) is 5.69 Å². The van der Waals surface area contributed by atoms with Crippen molar-refractivity contribution in [2.45, 2.75) is 19.9 Å². The Labute approximate surface area is 110 Å². The van der Waals surface area contributed by atoms with E-state index in [1.165, 1.54) is 9.75 Å². The maximum Gasteiger partial charge on any atom is 0.0881 e. The van der Waals surface area contributed by atoms with E-state index in [4.69, 9.17) is 0 Å². The van der Waals surface area contributed by atoms with E-state index in [-0.39, 0.29) is 0 Å². The SMILES string of the molecule is CCc1ccc(CNc2cccc3cn[nH]c23)s1. The van der Waals surface area contributed by atoms with Gasteiger partial charge in [-0.25, -0.2) is 0 Å². The van der Waals surface area contributed by atoms with Crippen molar-refractivity contribution < 1.29 is 0 Å². The van der Waals surface area contributed by atoms with Crippen molar-refractivity contribution in [3.05, 3.63) is 46.3 Å². The van der Waals surface area contributed by atoms with Gasteiger partial charge in [0.15, 0.2) is 0 Å². The van der Waals surface area contributed by atoms with Crippen molar-refractivity contribution in [3.8, 4) is 0 Å². The van der Waals surface area contributed by atoms with Crippen LogP contribution in [0.25, 0.3) is 10.9 Å². The molecule has 0 atom stereocenters. The largest absolute Gasteiger partial charge is 0.378 e. The summed E-state index contributed by atoms with van der Waals surface area (Å²) in [6.07, 6.45) is 2.96. The molecule has 0 unspecified atom stereocenters. The molecule has 0 aliphatic rings. The highest BCUT2D eigenvalue weighted by atomic mass is 32.1. The van der Waals surface area contributed by atoms with Crippen molar-refractivity contribution in [1.29, 1.82) is 0 Å². The fourth-order valence-corrected chi connectivity index (χ4v) is 2.90. The number of thiophene rings is 1. The minimum atomic E-state index is 0.864. The summed E-state index contributed by atoms with van der Waals surface area (Å²) in [5.41, 5.74) is 2.18. The van der Waals surface area contributed by atoms with Crippen LogP contribution in [-0.2, 0) is 13.0 Å². The quantitative estimate of drug-likeness (QED) is 0.746. The van der Waals surface area contributed by atoms with E-state index in [2.05, 4.69) is 46.7 Å². The van der Waals surface area contributed by atoms with Crippen molar-refractivity contribution in [2.75, 3.05) is 5.32 Å². The number of hydrogen-bond donors (Lipinski definition) is 2. The Morgan fingerprint density at radius 3 is 2.94 bits per heavy atom. The zero-order chi connectivity index (χ0) is 12.4. The molecule has 1 aromatic carbocycles. The van der Waals surface area contributed by atoms with E-state index < -0.39 is 0 Å². The molecule has 2 heterocycles. The molecule has 3 rings (SSSR count). The summed E-state index contributed by atoms with van der Waals surface area (Å²) < 4.78 is 0. The van der Waals surface area contributed by atoms with Crippen LogP contribution in [0.2, 0.25) is 0 Å². The van der Waals surface area contributed by atoms with E-state index in [0.717, 1.165) is 29.6 Å². The molecule has 0 radical (unpaired) electrons. The molecule has 0 saturated carbocycles. The number of nitrogens with one attached hydrogen (secondary N) is 2. The zero-order valence-corrected chi connectivity index (χ0v) is 11.1. The standard InChI is InChI=1S/C14H15N3S/c1-2-11-6-7-12(18-11)9-15-13-5-3-4-10-8-16-17-14(10)13/h3-8,15H,2,9H2,1H3,(H,16,17). The first-order chi connectivity index (χ1) is 8.86. The number of rotatable bonds is 4. The smallest absolute Gasteiger partial charge is 0.0881 e. The molecule has 0 spiro atoms. The fourth-order valence-electron chi connectivity index (χ4n) is 2.01. The van der Waals surface area contributed by atoms with Crippen LogP contribution < -0.4 is 5.32 Å². The number of H-pyrrole nitrogens is 1. The molecule has 0 saturated heterocycles. The third-order valence-electron chi connectivity index (χ3n) is 3.00. The van der Waals surface area contributed by atoms with Gasteiger partial charge in [-0.2, -0.15) is 5.10 Å². The number of aromatic amines is 1. The van der Waals surface area contributed by atoms with Crippen LogP contribution in [0.5, 0.6) is 0 Å². The van der Waals surface area contributed by atoms with E-state index in [0.29, 0.717) is 0 Å². The Morgan fingerprint density at radius 1 is 1.22 bits per heavy atom. The van der Waals surface area contributed by atoms with Gasteiger partial charge in [0.1, 0.15) is 0 Å². The number of nitrogens with zero attached hydrogens (tertiary/aromatic N) is 1. The summed E-state index contributed by atoms with van der Waals surface area (Å²) in [6, 6.07) is 10.6. The second kappa shape index (κ2) is 4.82. The lowest BCUT2D eigenvalue weighted by molar-refractivity contribution is 1.11. The molecule has 0 amide bonds. The molecular weight excluding hydrogens is 242 g/mol. The average Bonchev–Trinajstić information content (AvgIpc) is 3.05. The average molecular weight is 257 g/mol. The predicted octanol–water partition coefficient (Wildman–Crippen LogP) is 3.80. The van der Waals surface area contributed by atoms with Gasteiger partial charge in [-0.1, -0.05) is 19.1 Å². The second-order valence-electron chi connectivity index (χ2n) is 4.21. The van der Waals surface area contributed by atoms with E-state index in [1.54, 1.807) is 0 Å². The molecule has 92 valence electrons. The first-order valence-corrected chi connectivity index (χ1v) is 6.92. The third kappa shape index (κ3) is 2.11. The van der Waals surface area contributed by atoms with Crippen LogP contribution in [0, 0.1) is 0 Å². The Bertz CT molecular complexity index is 654. The summed E-state index contributed by atoms with van der Waals surface area (Å²) in [4.78, 5) is 2.80. The summed E-state index contributed by atoms with van der Waals surface area (Å²) >= 11 is 1.87. The molecule has 0 fully saturated rings. The van der Waals surface area contributed by atoms with Crippen molar-refractivity contribution >= 4 is 27.9 Å². The predicted molar refractivity (Wildman–Crippen MR) is 77.1 cm³/mol. The molecule has 3 aromatic rings. The van der Waals surface area contributed by atoms with Crippen molar-refractivity contribution in [1.82, 2.24) is 10.2 Å². The third-order valence-corrected chi connectivity index (χ3v) is 4.23. The second-order valence-corrected chi connectivity index (χ2v) is 5.47. The maximum absolute atomic E-state index is 4.07. The van der Waals surface area contributed by atoms with Gasteiger partial charge in [-0.05, 0) is 24.6 Å². The monoisotopic (exact) mass is 257 g/mol. The lowest BCUT2D eigenvalue weighted by atomic mass is 10.2. The van der Waals surface area contributed by atoms with Gasteiger partial charge in [0.2, 0.25) is 0 Å². The Balaban J connectivity index is 1.78. The number of aryl methyl sites for hydroxylation is 1. The van der Waals surface area contributed by atoms with Gasteiger partial charge in [-0.3, -0.25) is 5.10 Å². The zero-order valence-electron chi connectivity index (χ0n) is 10.2. The minimum absolute atomic E-state index is 0.864. The summed E-state index contributed by atoms with van der Waals surface area (Å²) in [5.74, 6) is 0. The Kier molecular flexibility index (Phi) is 3.02. The van der Waals surface area contributed by atoms with Gasteiger partial charge in [-0.15, -0.1) is 11.3 Å². The van der Waals surface area contributed by atoms with Gasteiger partial charge < -0.3 is 5.32 Å². The van der Waals surface area contributed by atoms with Crippen LogP contribution in [-0.4, -0.2) is 10.2 Å². The van der Waals surface area contributed by atoms with Crippen molar-refractivity contribution in [3.63, 3.8) is 0 Å². The van der Waals surface area contributed by atoms with Crippen LogP contribution in [0.3, 0.4) is 0 Å². The molecule has 2 aromatic heterocycles.